The number of nitrogens with zero attached hydrogens (tertiary/aromatic N) is 4. The number of aromatic nitrogens is 3. The number of carbonyl (C=O) groups is 1. The third kappa shape index (κ3) is 3.89. The molecule has 0 spiro atoms. The zero-order chi connectivity index (χ0) is 21.4. The van der Waals surface area contributed by atoms with Crippen molar-refractivity contribution in [2.24, 2.45) is 5.92 Å². The number of piperidine rings is 1. The number of fused-ring (bicyclic) bond motifs is 1. The second kappa shape index (κ2) is 8.70. The lowest BCUT2D eigenvalue weighted by Gasteiger charge is -2.36. The Balaban J connectivity index is 1.74. The number of hydrogen-bond donors (Lipinski definition) is 1. The smallest absolute Gasteiger partial charge is 0.308 e. The molecule has 2 aromatic heterocycles. The Hall–Kier alpha value is -1.87. The first-order chi connectivity index (χ1) is 14.4. The molecule has 0 bridgehead atoms. The molecule has 10 heteroatoms. The van der Waals surface area contributed by atoms with Crippen LogP contribution in [-0.4, -0.2) is 50.8 Å². The first-order valence-corrected chi connectivity index (χ1v) is 11.3. The maximum Gasteiger partial charge on any atom is 0.308 e. The van der Waals surface area contributed by atoms with Gasteiger partial charge in [0, 0.05) is 16.5 Å². The van der Waals surface area contributed by atoms with E-state index in [1.165, 1.54) is 23.0 Å². The minimum Gasteiger partial charge on any atom is -0.492 e. The molecule has 1 fully saturated rings. The summed E-state index contributed by atoms with van der Waals surface area (Å²) in [5.74, 6) is 0.455. The number of likely N-dealkylation sites (tertiary alicyclic amines) is 1. The quantitative estimate of drug-likeness (QED) is 0.560. The molecular weight excluding hydrogens is 447 g/mol. The maximum atomic E-state index is 11.9. The highest BCUT2D eigenvalue weighted by Gasteiger charge is 2.35. The summed E-state index contributed by atoms with van der Waals surface area (Å²) >= 11 is 14.1. The molecular formula is C20H22Cl2N4O3S. The van der Waals surface area contributed by atoms with Crippen molar-refractivity contribution >= 4 is 45.5 Å². The van der Waals surface area contributed by atoms with E-state index in [1.54, 1.807) is 12.1 Å². The summed E-state index contributed by atoms with van der Waals surface area (Å²) < 4.78 is 6.39. The van der Waals surface area contributed by atoms with Crippen LogP contribution in [0.4, 0.5) is 0 Å². The molecule has 7 nitrogen and oxygen atoms in total. The van der Waals surface area contributed by atoms with Crippen molar-refractivity contribution in [1.82, 2.24) is 19.5 Å². The summed E-state index contributed by atoms with van der Waals surface area (Å²) in [4.78, 5) is 20.0. The van der Waals surface area contributed by atoms with Crippen LogP contribution >= 0.6 is 34.5 Å². The standard InChI is InChI=1S/C20H22Cl2N4O3S/c1-3-15-23-20-26(24-15)18(27)17(30-20)16(13-5-4-12(21)10-14(13)22)25-8-6-11(7-9-25)19(28)29-2/h4-5,10-11,16,27H,3,6-9H2,1-2H3/t16-/m1/s1. The number of aromatic hydroxyl groups is 1. The Bertz CT molecular complexity index is 1080. The number of hydrogen-bond acceptors (Lipinski definition) is 7. The molecule has 1 N–H and O–H groups in total. The monoisotopic (exact) mass is 468 g/mol. The summed E-state index contributed by atoms with van der Waals surface area (Å²) in [5, 5.41) is 16.4. The molecule has 0 radical (unpaired) electrons. The second-order valence-corrected chi connectivity index (χ2v) is 9.12. The summed E-state index contributed by atoms with van der Waals surface area (Å²) in [6.45, 7) is 3.30. The fourth-order valence-electron chi connectivity index (χ4n) is 3.91. The number of thiazole rings is 1. The van der Waals surface area contributed by atoms with Crippen molar-refractivity contribution in [1.29, 1.82) is 0 Å². The molecule has 0 saturated carbocycles. The summed E-state index contributed by atoms with van der Waals surface area (Å²) in [5.41, 5.74) is 0.841. The van der Waals surface area contributed by atoms with E-state index in [9.17, 15) is 9.90 Å². The molecule has 3 aromatic rings. The topological polar surface area (TPSA) is 80.0 Å². The minimum absolute atomic E-state index is 0.0632. The first kappa shape index (κ1) is 21.4. The van der Waals surface area contributed by atoms with Crippen LogP contribution in [0, 0.1) is 5.92 Å². The fourth-order valence-corrected chi connectivity index (χ4v) is 5.54. The number of ether oxygens (including phenoxy) is 1. The van der Waals surface area contributed by atoms with Crippen molar-refractivity contribution in [3.63, 3.8) is 0 Å². The lowest BCUT2D eigenvalue weighted by Crippen LogP contribution is -2.39. The van der Waals surface area contributed by atoms with Crippen LogP contribution in [0.3, 0.4) is 0 Å². The predicted octanol–water partition coefficient (Wildman–Crippen LogP) is 4.34. The zero-order valence-corrected chi connectivity index (χ0v) is 19.0. The van der Waals surface area contributed by atoms with Crippen LogP contribution in [0.2, 0.25) is 10.0 Å². The summed E-state index contributed by atoms with van der Waals surface area (Å²) in [7, 11) is 1.42. The Labute approximate surface area is 188 Å². The van der Waals surface area contributed by atoms with E-state index in [4.69, 9.17) is 27.9 Å². The average Bonchev–Trinajstić information content (AvgIpc) is 3.29. The number of esters is 1. The SMILES string of the molecule is CCc1nc2sc([C@@H](c3ccc(Cl)cc3Cl)N3CCC(C(=O)OC)CC3)c(O)n2n1. The van der Waals surface area contributed by atoms with Crippen molar-refractivity contribution in [2.45, 2.75) is 32.2 Å². The molecule has 3 heterocycles. The Kier molecular flexibility index (Phi) is 6.20. The van der Waals surface area contributed by atoms with Gasteiger partial charge >= 0.3 is 5.97 Å². The van der Waals surface area contributed by atoms with E-state index in [0.29, 0.717) is 58.1 Å². The summed E-state index contributed by atoms with van der Waals surface area (Å²) in [6, 6.07) is 5.08. The minimum atomic E-state index is -0.299. The highest BCUT2D eigenvalue weighted by atomic mass is 35.5. The summed E-state index contributed by atoms with van der Waals surface area (Å²) in [6.07, 6.45) is 2.04. The van der Waals surface area contributed by atoms with E-state index in [-0.39, 0.29) is 23.8 Å². The Morgan fingerprint density at radius 2 is 2.10 bits per heavy atom. The molecule has 1 aliphatic rings. The van der Waals surface area contributed by atoms with E-state index >= 15 is 0 Å². The third-order valence-corrected chi connectivity index (χ3v) is 7.13. The van der Waals surface area contributed by atoms with Gasteiger partial charge in [0.1, 0.15) is 0 Å². The molecule has 30 heavy (non-hydrogen) atoms. The van der Waals surface area contributed by atoms with Crippen molar-refractivity contribution in [3.8, 4) is 5.88 Å². The number of benzene rings is 1. The third-order valence-electron chi connectivity index (χ3n) is 5.49. The largest absolute Gasteiger partial charge is 0.492 e. The molecule has 0 aliphatic carbocycles. The van der Waals surface area contributed by atoms with Crippen molar-refractivity contribution in [2.75, 3.05) is 20.2 Å². The Morgan fingerprint density at radius 3 is 2.70 bits per heavy atom. The highest BCUT2D eigenvalue weighted by molar-refractivity contribution is 7.17. The second-order valence-electron chi connectivity index (χ2n) is 7.27. The zero-order valence-electron chi connectivity index (χ0n) is 16.6. The molecule has 0 unspecified atom stereocenters. The maximum absolute atomic E-state index is 11.9. The van der Waals surface area contributed by atoms with Gasteiger partial charge in [0.05, 0.1) is 23.9 Å². The van der Waals surface area contributed by atoms with Gasteiger partial charge in [0.25, 0.3) is 0 Å². The molecule has 1 atom stereocenters. The van der Waals surface area contributed by atoms with Gasteiger partial charge in [0.2, 0.25) is 10.8 Å². The lowest BCUT2D eigenvalue weighted by molar-refractivity contribution is -0.147. The van der Waals surface area contributed by atoms with Gasteiger partial charge in [-0.25, -0.2) is 4.98 Å². The van der Waals surface area contributed by atoms with Gasteiger partial charge in [-0.3, -0.25) is 9.69 Å². The fraction of sp³-hybridized carbons (Fsp3) is 0.450. The van der Waals surface area contributed by atoms with Crippen LogP contribution in [0.15, 0.2) is 18.2 Å². The lowest BCUT2D eigenvalue weighted by atomic mass is 9.93. The Morgan fingerprint density at radius 1 is 1.37 bits per heavy atom. The molecule has 1 aromatic carbocycles. The van der Waals surface area contributed by atoms with Gasteiger partial charge in [0.15, 0.2) is 5.82 Å². The first-order valence-electron chi connectivity index (χ1n) is 9.77. The molecule has 4 rings (SSSR count). The number of rotatable bonds is 5. The van der Waals surface area contributed by atoms with Gasteiger partial charge in [-0.15, -0.1) is 5.10 Å². The number of carbonyl (C=O) groups excluding carboxylic acids is 1. The van der Waals surface area contributed by atoms with Gasteiger partial charge in [-0.05, 0) is 43.6 Å². The van der Waals surface area contributed by atoms with Gasteiger partial charge in [-0.2, -0.15) is 4.52 Å². The molecule has 0 amide bonds. The normalized spacial score (nSPS) is 16.8. The van der Waals surface area contributed by atoms with E-state index in [0.717, 1.165) is 5.56 Å². The van der Waals surface area contributed by atoms with E-state index < -0.39 is 0 Å². The molecule has 1 saturated heterocycles. The van der Waals surface area contributed by atoms with Gasteiger partial charge < -0.3 is 9.84 Å². The van der Waals surface area contributed by atoms with E-state index in [2.05, 4.69) is 15.0 Å². The number of aryl methyl sites for hydroxylation is 1. The number of halogens is 2. The van der Waals surface area contributed by atoms with Crippen molar-refractivity contribution in [3.05, 3.63) is 44.5 Å². The number of methoxy groups -OCH3 is 1. The average molecular weight is 469 g/mol. The van der Waals surface area contributed by atoms with Gasteiger partial charge in [-0.1, -0.05) is 47.5 Å². The molecule has 160 valence electrons. The van der Waals surface area contributed by atoms with Crippen LogP contribution in [-0.2, 0) is 16.0 Å². The van der Waals surface area contributed by atoms with Crippen molar-refractivity contribution < 1.29 is 14.6 Å². The van der Waals surface area contributed by atoms with Crippen LogP contribution in [0.1, 0.15) is 42.1 Å². The van der Waals surface area contributed by atoms with Crippen LogP contribution < -0.4 is 0 Å². The van der Waals surface area contributed by atoms with E-state index in [1.807, 2.05) is 13.0 Å². The highest BCUT2D eigenvalue weighted by Crippen LogP contribution is 2.43. The molecule has 1 aliphatic heterocycles. The predicted molar refractivity (Wildman–Crippen MR) is 117 cm³/mol. The van der Waals surface area contributed by atoms with Crippen LogP contribution in [0.5, 0.6) is 5.88 Å². The van der Waals surface area contributed by atoms with Crippen LogP contribution in [0.25, 0.3) is 4.96 Å².